The zero-order valence-electron chi connectivity index (χ0n) is 32.6. The normalized spacial score (nSPS) is 22.3. The van der Waals surface area contributed by atoms with Crippen molar-refractivity contribution in [3.05, 3.63) is 58.2 Å². The summed E-state index contributed by atoms with van der Waals surface area (Å²) >= 11 is 0. The number of fused-ring (bicyclic) bond motifs is 2. The summed E-state index contributed by atoms with van der Waals surface area (Å²) in [6.45, 7) is 6.13. The number of carboxylic acids is 2. The number of carbonyl (C=O) groups excluding carboxylic acids is 2. The minimum atomic E-state index is -0.789. The Balaban J connectivity index is 0.000000169. The standard InChI is InChI=1S/C22H31N3O3.C21H29N3O3/c26-20(27)16-24-14-10-22(11-15-24)9-3-12-25(21(22)28)13-8-18-7-6-17-4-1-2-5-19(17)23-18;25-19(26)15-23-12-8-21(9-13-23)10-14-24(20(21)27)11-7-17-6-5-16-3-1-2-4-18(16)22-17/h6-7H,1-5,8-16H2,(H,26,27);5-6H,1-4,7-15H2,(H,25,26). The highest BCUT2D eigenvalue weighted by Crippen LogP contribution is 2.42. The Bertz CT molecular complexity index is 1710. The van der Waals surface area contributed by atoms with Gasteiger partial charge >= 0.3 is 11.9 Å². The third-order valence-electron chi connectivity index (χ3n) is 13.5. The number of amides is 2. The van der Waals surface area contributed by atoms with Crippen LogP contribution in [0.4, 0.5) is 0 Å². The molecule has 12 nitrogen and oxygen atoms in total. The zero-order valence-corrected chi connectivity index (χ0v) is 32.6. The number of piperidine rings is 3. The van der Waals surface area contributed by atoms with Gasteiger partial charge in [0.25, 0.3) is 0 Å². The number of carboxylic acid groups (broad SMARTS) is 2. The number of carbonyl (C=O) groups is 4. The first kappa shape index (κ1) is 39.3. The van der Waals surface area contributed by atoms with E-state index in [2.05, 4.69) is 24.3 Å². The summed E-state index contributed by atoms with van der Waals surface area (Å²) in [7, 11) is 0. The van der Waals surface area contributed by atoms with E-state index in [-0.39, 0.29) is 35.7 Å². The van der Waals surface area contributed by atoms with Crippen LogP contribution < -0.4 is 0 Å². The quantitative estimate of drug-likeness (QED) is 0.362. The number of likely N-dealkylation sites (tertiary alicyclic amines) is 4. The molecule has 2 N–H and O–H groups in total. The van der Waals surface area contributed by atoms with Gasteiger partial charge in [-0.15, -0.1) is 0 Å². The lowest BCUT2D eigenvalue weighted by molar-refractivity contribution is -0.150. The summed E-state index contributed by atoms with van der Waals surface area (Å²) in [4.78, 5) is 65.8. The van der Waals surface area contributed by atoms with Gasteiger partial charge in [0.15, 0.2) is 0 Å². The first-order valence-electron chi connectivity index (χ1n) is 21.0. The van der Waals surface area contributed by atoms with Gasteiger partial charge in [0.05, 0.1) is 23.9 Å². The number of nitrogens with zero attached hydrogens (tertiary/aromatic N) is 6. The summed E-state index contributed by atoms with van der Waals surface area (Å²) in [5.74, 6) is -1.02. The molecule has 4 fully saturated rings. The van der Waals surface area contributed by atoms with Crippen LogP contribution in [-0.4, -0.2) is 129 Å². The van der Waals surface area contributed by atoms with Crippen LogP contribution in [0.25, 0.3) is 0 Å². The molecule has 4 aliphatic heterocycles. The van der Waals surface area contributed by atoms with Gasteiger partial charge in [0.2, 0.25) is 11.8 Å². The molecule has 12 heteroatoms. The minimum absolute atomic E-state index is 0.0813. The second-order valence-corrected chi connectivity index (χ2v) is 17.1. The van der Waals surface area contributed by atoms with Crippen molar-refractivity contribution in [1.29, 1.82) is 0 Å². The average molecular weight is 757 g/mol. The Morgan fingerprint density at radius 1 is 0.545 bits per heavy atom. The highest BCUT2D eigenvalue weighted by Gasteiger charge is 2.48. The van der Waals surface area contributed by atoms with Gasteiger partial charge < -0.3 is 20.0 Å². The fraction of sp³-hybridized carbons (Fsp3) is 0.674. The summed E-state index contributed by atoms with van der Waals surface area (Å²) in [6.07, 6.45) is 17.1. The van der Waals surface area contributed by atoms with E-state index in [0.29, 0.717) is 26.2 Å². The highest BCUT2D eigenvalue weighted by atomic mass is 16.4. The molecule has 2 aromatic rings. The number of pyridine rings is 2. The van der Waals surface area contributed by atoms with Crippen LogP contribution in [0.15, 0.2) is 24.3 Å². The lowest BCUT2D eigenvalue weighted by Crippen LogP contribution is -2.54. The van der Waals surface area contributed by atoms with E-state index in [1.807, 2.05) is 19.6 Å². The zero-order chi connectivity index (χ0) is 38.4. The molecular weight excluding hydrogens is 697 g/mol. The summed E-state index contributed by atoms with van der Waals surface area (Å²) in [5, 5.41) is 17.9. The van der Waals surface area contributed by atoms with Gasteiger partial charge in [-0.05, 0) is 146 Å². The molecule has 0 radical (unpaired) electrons. The topological polar surface area (TPSA) is 147 Å². The van der Waals surface area contributed by atoms with Crippen LogP contribution in [0.2, 0.25) is 0 Å². The maximum Gasteiger partial charge on any atom is 0.317 e. The highest BCUT2D eigenvalue weighted by molar-refractivity contribution is 5.85. The Labute approximate surface area is 325 Å². The molecule has 2 spiro atoms. The molecule has 0 atom stereocenters. The Morgan fingerprint density at radius 3 is 1.44 bits per heavy atom. The number of aryl methyl sites for hydroxylation is 4. The molecule has 8 rings (SSSR count). The smallest absolute Gasteiger partial charge is 0.317 e. The van der Waals surface area contributed by atoms with Gasteiger partial charge in [-0.2, -0.15) is 0 Å². The molecule has 6 aliphatic rings. The molecule has 55 heavy (non-hydrogen) atoms. The van der Waals surface area contributed by atoms with E-state index >= 15 is 0 Å². The number of hydrogen-bond acceptors (Lipinski definition) is 8. The van der Waals surface area contributed by atoms with E-state index < -0.39 is 11.9 Å². The van der Waals surface area contributed by atoms with E-state index in [0.717, 1.165) is 121 Å². The van der Waals surface area contributed by atoms with Gasteiger partial charge in [-0.3, -0.25) is 38.9 Å². The van der Waals surface area contributed by atoms with Crippen molar-refractivity contribution >= 4 is 23.8 Å². The van der Waals surface area contributed by atoms with E-state index in [9.17, 15) is 19.2 Å². The minimum Gasteiger partial charge on any atom is -0.480 e. The van der Waals surface area contributed by atoms with Crippen LogP contribution in [0.5, 0.6) is 0 Å². The maximum atomic E-state index is 13.3. The van der Waals surface area contributed by atoms with Gasteiger partial charge in [0.1, 0.15) is 0 Å². The Hall–Kier alpha value is -3.90. The predicted molar refractivity (Wildman–Crippen MR) is 208 cm³/mol. The fourth-order valence-corrected chi connectivity index (χ4v) is 10.1. The molecule has 0 aromatic carbocycles. The molecule has 298 valence electrons. The molecule has 6 heterocycles. The first-order chi connectivity index (χ1) is 26.6. The predicted octanol–water partition coefficient (Wildman–Crippen LogP) is 4.19. The molecule has 0 unspecified atom stereocenters. The second kappa shape index (κ2) is 17.5. The molecule has 2 aliphatic carbocycles. The van der Waals surface area contributed by atoms with Gasteiger partial charge in [0, 0.05) is 61.8 Å². The van der Waals surface area contributed by atoms with Crippen molar-refractivity contribution in [2.45, 2.75) is 109 Å². The van der Waals surface area contributed by atoms with Gasteiger partial charge in [-0.1, -0.05) is 12.1 Å². The lowest BCUT2D eigenvalue weighted by Gasteiger charge is -2.46. The van der Waals surface area contributed by atoms with E-state index in [4.69, 9.17) is 20.2 Å². The van der Waals surface area contributed by atoms with Crippen LogP contribution in [0.3, 0.4) is 0 Å². The van der Waals surface area contributed by atoms with Crippen LogP contribution in [-0.2, 0) is 57.7 Å². The largest absolute Gasteiger partial charge is 0.480 e. The maximum absolute atomic E-state index is 13.3. The van der Waals surface area contributed by atoms with Crippen molar-refractivity contribution in [3.8, 4) is 0 Å². The molecule has 0 saturated carbocycles. The molecule has 2 amide bonds. The lowest BCUT2D eigenvalue weighted by atomic mass is 9.71. The fourth-order valence-electron chi connectivity index (χ4n) is 10.1. The monoisotopic (exact) mass is 756 g/mol. The van der Waals surface area contributed by atoms with Crippen LogP contribution in [0.1, 0.15) is 105 Å². The van der Waals surface area contributed by atoms with Crippen molar-refractivity contribution in [3.63, 3.8) is 0 Å². The summed E-state index contributed by atoms with van der Waals surface area (Å²) < 4.78 is 0. The van der Waals surface area contributed by atoms with Crippen molar-refractivity contribution in [2.24, 2.45) is 10.8 Å². The van der Waals surface area contributed by atoms with Crippen LogP contribution in [0, 0.1) is 10.8 Å². The average Bonchev–Trinajstić information content (AvgIpc) is 3.49. The molecular formula is C43H60N6O6. The third-order valence-corrected chi connectivity index (χ3v) is 13.5. The second-order valence-electron chi connectivity index (χ2n) is 17.1. The first-order valence-corrected chi connectivity index (χ1v) is 21.0. The molecule has 0 bridgehead atoms. The Kier molecular flexibility index (Phi) is 12.5. The number of hydrogen-bond donors (Lipinski definition) is 2. The number of aromatic nitrogens is 2. The van der Waals surface area contributed by atoms with Crippen molar-refractivity contribution < 1.29 is 29.4 Å². The number of aliphatic carboxylic acids is 2. The molecule has 2 aromatic heterocycles. The van der Waals surface area contributed by atoms with E-state index in [1.165, 1.54) is 48.2 Å². The summed E-state index contributed by atoms with van der Waals surface area (Å²) in [5.41, 5.74) is 7.00. The summed E-state index contributed by atoms with van der Waals surface area (Å²) in [6, 6.07) is 8.72. The number of rotatable bonds is 10. The van der Waals surface area contributed by atoms with Crippen molar-refractivity contribution in [2.75, 3.05) is 65.4 Å². The Morgan fingerprint density at radius 2 is 0.964 bits per heavy atom. The van der Waals surface area contributed by atoms with Crippen LogP contribution >= 0.6 is 0 Å². The van der Waals surface area contributed by atoms with Gasteiger partial charge in [-0.25, -0.2) is 0 Å². The SMILES string of the molecule is O=C(O)CN1CCC2(CC1)CCN(CCc1ccc3c(n1)CCCC3)C2=O.O=C(O)CN1CCC2(CCCN(CCc3ccc4c(n3)CCCC4)C2=O)CC1. The van der Waals surface area contributed by atoms with E-state index in [1.54, 1.807) is 0 Å². The molecule has 4 saturated heterocycles. The third kappa shape index (κ3) is 9.39. The van der Waals surface area contributed by atoms with Crippen molar-refractivity contribution in [1.82, 2.24) is 29.6 Å².